The predicted octanol–water partition coefficient (Wildman–Crippen LogP) is 4.91. The molecular formula is C22H40O4. The van der Waals surface area contributed by atoms with Crippen molar-refractivity contribution in [2.45, 2.75) is 98.2 Å². The van der Waals surface area contributed by atoms with Crippen LogP contribution >= 0.6 is 0 Å². The van der Waals surface area contributed by atoms with Crippen molar-refractivity contribution in [3.8, 4) is 0 Å². The molecule has 152 valence electrons. The second-order valence-electron chi connectivity index (χ2n) is 9.18. The van der Waals surface area contributed by atoms with Gasteiger partial charge in [0, 0.05) is 11.8 Å². The molecule has 0 aromatic heterocycles. The van der Waals surface area contributed by atoms with Crippen LogP contribution in [-0.4, -0.2) is 36.3 Å². The zero-order valence-corrected chi connectivity index (χ0v) is 17.7. The quantitative estimate of drug-likeness (QED) is 0.557. The minimum absolute atomic E-state index is 0.150. The Bertz CT molecular complexity index is 465. The highest BCUT2D eigenvalue weighted by molar-refractivity contribution is 5.13. The molecule has 0 radical (unpaired) electrons. The minimum Gasteiger partial charge on any atom is -0.498 e. The van der Waals surface area contributed by atoms with Gasteiger partial charge in [-0.3, -0.25) is 0 Å². The van der Waals surface area contributed by atoms with Crippen LogP contribution in [0.2, 0.25) is 0 Å². The molecule has 1 unspecified atom stereocenters. The SMILES string of the molecule is C=C(OCC(C)CC)[C@@H]1C[C@@]1(C)CC[C@@H](C)O[C@@H]1O[C@@H](C)[C@H](O)C[C@H]1C. The van der Waals surface area contributed by atoms with Crippen LogP contribution in [0.25, 0.3) is 0 Å². The Labute approximate surface area is 160 Å². The Morgan fingerprint density at radius 1 is 1.35 bits per heavy atom. The first-order valence-corrected chi connectivity index (χ1v) is 10.5. The summed E-state index contributed by atoms with van der Waals surface area (Å²) in [4.78, 5) is 0. The Morgan fingerprint density at radius 3 is 2.69 bits per heavy atom. The lowest BCUT2D eigenvalue weighted by Gasteiger charge is -2.37. The maximum Gasteiger partial charge on any atom is 0.161 e. The topological polar surface area (TPSA) is 47.9 Å². The minimum atomic E-state index is -0.382. The van der Waals surface area contributed by atoms with Crippen LogP contribution in [0.5, 0.6) is 0 Å². The molecule has 26 heavy (non-hydrogen) atoms. The van der Waals surface area contributed by atoms with Gasteiger partial charge in [0.15, 0.2) is 6.29 Å². The third-order valence-corrected chi connectivity index (χ3v) is 6.45. The zero-order valence-electron chi connectivity index (χ0n) is 17.7. The molecule has 1 saturated heterocycles. The Balaban J connectivity index is 1.71. The van der Waals surface area contributed by atoms with E-state index in [0.717, 1.165) is 38.0 Å². The monoisotopic (exact) mass is 368 g/mol. The number of ether oxygens (including phenoxy) is 3. The fourth-order valence-corrected chi connectivity index (χ4v) is 3.77. The molecule has 1 N–H and O–H groups in total. The lowest BCUT2D eigenvalue weighted by atomic mass is 9.95. The van der Waals surface area contributed by atoms with Crippen molar-refractivity contribution in [3.63, 3.8) is 0 Å². The van der Waals surface area contributed by atoms with Crippen LogP contribution in [0.1, 0.15) is 73.6 Å². The number of hydrogen-bond donors (Lipinski definition) is 1. The average Bonchev–Trinajstić information content (AvgIpc) is 3.27. The maximum absolute atomic E-state index is 9.89. The molecule has 1 aliphatic carbocycles. The molecule has 2 fully saturated rings. The second kappa shape index (κ2) is 9.07. The smallest absolute Gasteiger partial charge is 0.161 e. The number of aliphatic hydroxyl groups excluding tert-OH is 1. The zero-order chi connectivity index (χ0) is 19.5. The van der Waals surface area contributed by atoms with Crippen LogP contribution in [0.4, 0.5) is 0 Å². The van der Waals surface area contributed by atoms with Gasteiger partial charge in [0.1, 0.15) is 0 Å². The lowest BCUT2D eigenvalue weighted by molar-refractivity contribution is -0.255. The van der Waals surface area contributed by atoms with E-state index in [1.54, 1.807) is 0 Å². The lowest BCUT2D eigenvalue weighted by Crippen LogP contribution is -2.44. The van der Waals surface area contributed by atoms with Crippen molar-refractivity contribution in [2.75, 3.05) is 6.61 Å². The van der Waals surface area contributed by atoms with Gasteiger partial charge in [-0.15, -0.1) is 0 Å². The van der Waals surface area contributed by atoms with Gasteiger partial charge in [0.2, 0.25) is 0 Å². The number of allylic oxidation sites excluding steroid dienone is 1. The molecule has 2 rings (SSSR count). The van der Waals surface area contributed by atoms with Gasteiger partial charge < -0.3 is 19.3 Å². The van der Waals surface area contributed by atoms with Crippen LogP contribution in [-0.2, 0) is 14.2 Å². The molecule has 2 aliphatic rings. The first-order chi connectivity index (χ1) is 12.2. The molecule has 1 heterocycles. The van der Waals surface area contributed by atoms with E-state index in [1.165, 1.54) is 6.42 Å². The van der Waals surface area contributed by atoms with Gasteiger partial charge in [-0.25, -0.2) is 0 Å². The van der Waals surface area contributed by atoms with Gasteiger partial charge in [0.25, 0.3) is 0 Å². The van der Waals surface area contributed by atoms with E-state index in [9.17, 15) is 5.11 Å². The normalized spacial score (nSPS) is 39.3. The third kappa shape index (κ3) is 5.71. The fraction of sp³-hybridized carbons (Fsp3) is 0.909. The summed E-state index contributed by atoms with van der Waals surface area (Å²) >= 11 is 0. The summed E-state index contributed by atoms with van der Waals surface area (Å²) in [5.41, 5.74) is 0.298. The van der Waals surface area contributed by atoms with E-state index in [1.807, 2.05) is 6.92 Å². The molecule has 1 aliphatic heterocycles. The van der Waals surface area contributed by atoms with Gasteiger partial charge in [-0.2, -0.15) is 0 Å². The van der Waals surface area contributed by atoms with Crippen molar-refractivity contribution in [3.05, 3.63) is 12.3 Å². The van der Waals surface area contributed by atoms with Crippen LogP contribution < -0.4 is 0 Å². The van der Waals surface area contributed by atoms with Crippen molar-refractivity contribution in [1.82, 2.24) is 0 Å². The van der Waals surface area contributed by atoms with Crippen molar-refractivity contribution >= 4 is 0 Å². The molecule has 4 nitrogen and oxygen atoms in total. The largest absolute Gasteiger partial charge is 0.498 e. The Hall–Kier alpha value is -0.580. The highest BCUT2D eigenvalue weighted by atomic mass is 16.7. The summed E-state index contributed by atoms with van der Waals surface area (Å²) in [6, 6.07) is 0. The van der Waals surface area contributed by atoms with Gasteiger partial charge in [-0.05, 0) is 50.9 Å². The van der Waals surface area contributed by atoms with E-state index < -0.39 is 0 Å². The summed E-state index contributed by atoms with van der Waals surface area (Å²) in [5, 5.41) is 9.89. The highest BCUT2D eigenvalue weighted by Crippen LogP contribution is 2.59. The summed E-state index contributed by atoms with van der Waals surface area (Å²) in [7, 11) is 0. The molecule has 0 bridgehead atoms. The average molecular weight is 369 g/mol. The fourth-order valence-electron chi connectivity index (χ4n) is 3.77. The predicted molar refractivity (Wildman–Crippen MR) is 105 cm³/mol. The molecule has 4 heteroatoms. The molecule has 1 saturated carbocycles. The van der Waals surface area contributed by atoms with Crippen molar-refractivity contribution in [1.29, 1.82) is 0 Å². The maximum atomic E-state index is 9.89. The van der Waals surface area contributed by atoms with E-state index in [0.29, 0.717) is 17.3 Å². The molecule has 0 aromatic rings. The molecular weight excluding hydrogens is 328 g/mol. The van der Waals surface area contributed by atoms with Crippen LogP contribution in [0, 0.1) is 23.2 Å². The van der Waals surface area contributed by atoms with E-state index in [-0.39, 0.29) is 30.5 Å². The van der Waals surface area contributed by atoms with Gasteiger partial charge in [0.05, 0.1) is 30.7 Å². The first kappa shape index (κ1) is 21.7. The van der Waals surface area contributed by atoms with Crippen LogP contribution in [0.3, 0.4) is 0 Å². The standard InChI is InChI=1S/C22H40O4/c1-8-14(2)13-24-17(5)19-12-22(19,7)10-9-16(4)25-21-15(3)11-20(23)18(6)26-21/h14-16,18-21,23H,5,8-13H2,1-4,6-7H3/t14?,15-,16-,18+,19+,20-,21-,22-/m1/s1. The summed E-state index contributed by atoms with van der Waals surface area (Å²) in [6.45, 7) is 17.8. The van der Waals surface area contributed by atoms with E-state index >= 15 is 0 Å². The number of aliphatic hydroxyl groups is 1. The highest BCUT2D eigenvalue weighted by Gasteiger charge is 2.52. The molecule has 0 spiro atoms. The first-order valence-electron chi connectivity index (χ1n) is 10.5. The Kier molecular flexibility index (Phi) is 7.58. The van der Waals surface area contributed by atoms with Gasteiger partial charge in [-0.1, -0.05) is 40.7 Å². The molecule has 0 amide bonds. The van der Waals surface area contributed by atoms with Crippen molar-refractivity contribution in [2.24, 2.45) is 23.2 Å². The Morgan fingerprint density at radius 2 is 2.04 bits per heavy atom. The molecule has 0 aromatic carbocycles. The van der Waals surface area contributed by atoms with E-state index in [2.05, 4.69) is 41.2 Å². The van der Waals surface area contributed by atoms with Crippen molar-refractivity contribution < 1.29 is 19.3 Å². The van der Waals surface area contributed by atoms with Gasteiger partial charge >= 0.3 is 0 Å². The summed E-state index contributed by atoms with van der Waals surface area (Å²) < 4.78 is 17.9. The summed E-state index contributed by atoms with van der Waals surface area (Å²) in [6.07, 6.45) is 4.58. The second-order valence-corrected chi connectivity index (χ2v) is 9.18. The number of hydrogen-bond acceptors (Lipinski definition) is 4. The summed E-state index contributed by atoms with van der Waals surface area (Å²) in [5.74, 6) is 2.26. The number of rotatable bonds is 10. The molecule has 8 atom stereocenters. The van der Waals surface area contributed by atoms with Crippen LogP contribution in [0.15, 0.2) is 12.3 Å². The van der Waals surface area contributed by atoms with E-state index in [4.69, 9.17) is 14.2 Å². The third-order valence-electron chi connectivity index (χ3n) is 6.45.